The van der Waals surface area contributed by atoms with Gasteiger partial charge in [-0.3, -0.25) is 4.79 Å². The van der Waals surface area contributed by atoms with E-state index in [2.05, 4.69) is 5.32 Å². The second-order valence-corrected chi connectivity index (χ2v) is 5.48. The first-order valence-electron chi connectivity index (χ1n) is 6.66. The number of methoxy groups -OCH3 is 1. The molecule has 0 aromatic carbocycles. The minimum absolute atomic E-state index is 0.0152. The van der Waals surface area contributed by atoms with Crippen LogP contribution in [0.25, 0.3) is 0 Å². The van der Waals surface area contributed by atoms with Crippen molar-refractivity contribution in [1.82, 2.24) is 5.32 Å². The summed E-state index contributed by atoms with van der Waals surface area (Å²) in [6.07, 6.45) is 5.59. The molecular weight excluding hydrogens is 248 g/mol. The quantitative estimate of drug-likeness (QED) is 0.723. The van der Waals surface area contributed by atoms with Crippen LogP contribution in [-0.4, -0.2) is 30.7 Å². The fraction of sp³-hybridized carbons (Fsp3) is 0.846. The van der Waals surface area contributed by atoms with Gasteiger partial charge in [0.15, 0.2) is 0 Å². The molecule has 0 radical (unpaired) electrons. The van der Waals surface area contributed by atoms with E-state index in [-0.39, 0.29) is 11.9 Å². The molecule has 1 fully saturated rings. The number of rotatable bonds is 6. The maximum absolute atomic E-state index is 12.5. The molecule has 0 spiro atoms. The summed E-state index contributed by atoms with van der Waals surface area (Å²) >= 11 is 5.14. The number of ether oxygens (including phenoxy) is 1. The number of carbonyl (C=O) groups is 1. The van der Waals surface area contributed by atoms with Crippen molar-refractivity contribution in [2.24, 2.45) is 11.1 Å². The first-order chi connectivity index (χ1) is 8.56. The first-order valence-corrected chi connectivity index (χ1v) is 7.07. The molecule has 0 saturated heterocycles. The average molecular weight is 272 g/mol. The van der Waals surface area contributed by atoms with Crippen LogP contribution in [0.1, 0.15) is 45.4 Å². The smallest absolute Gasteiger partial charge is 0.233 e. The van der Waals surface area contributed by atoms with Crippen molar-refractivity contribution in [1.29, 1.82) is 0 Å². The fourth-order valence-electron chi connectivity index (χ4n) is 2.53. The van der Waals surface area contributed by atoms with Crippen molar-refractivity contribution in [2.75, 3.05) is 13.7 Å². The summed E-state index contributed by atoms with van der Waals surface area (Å²) in [5.41, 5.74) is 5.20. The van der Waals surface area contributed by atoms with E-state index in [0.29, 0.717) is 11.6 Å². The number of hydrogen-bond acceptors (Lipinski definition) is 3. The lowest BCUT2D eigenvalue weighted by atomic mass is 9.73. The zero-order valence-electron chi connectivity index (χ0n) is 11.3. The SMILES string of the molecule is CCC(COC)NC(=O)C1(C(N)=S)CCCCC1. The van der Waals surface area contributed by atoms with Gasteiger partial charge < -0.3 is 15.8 Å². The summed E-state index contributed by atoms with van der Waals surface area (Å²) in [5, 5.41) is 3.03. The van der Waals surface area contributed by atoms with Gasteiger partial charge in [0, 0.05) is 7.11 Å². The number of carbonyl (C=O) groups excluding carboxylic acids is 1. The maximum Gasteiger partial charge on any atom is 0.233 e. The molecule has 4 nitrogen and oxygen atoms in total. The van der Waals surface area contributed by atoms with E-state index in [0.717, 1.165) is 38.5 Å². The van der Waals surface area contributed by atoms with Gasteiger partial charge in [0.05, 0.1) is 23.1 Å². The van der Waals surface area contributed by atoms with Crippen LogP contribution in [0.4, 0.5) is 0 Å². The van der Waals surface area contributed by atoms with Crippen LogP contribution in [0, 0.1) is 5.41 Å². The van der Waals surface area contributed by atoms with Crippen molar-refractivity contribution >= 4 is 23.1 Å². The Morgan fingerprint density at radius 1 is 1.44 bits per heavy atom. The molecule has 1 aliphatic rings. The van der Waals surface area contributed by atoms with Crippen molar-refractivity contribution < 1.29 is 9.53 Å². The minimum Gasteiger partial charge on any atom is -0.392 e. The molecule has 0 aromatic heterocycles. The molecule has 1 atom stereocenters. The van der Waals surface area contributed by atoms with Crippen molar-refractivity contribution in [2.45, 2.75) is 51.5 Å². The third kappa shape index (κ3) is 3.42. The maximum atomic E-state index is 12.5. The Labute approximate surface area is 115 Å². The molecule has 1 rings (SSSR count). The van der Waals surface area contributed by atoms with Gasteiger partial charge in [-0.2, -0.15) is 0 Å². The average Bonchev–Trinajstić information content (AvgIpc) is 2.38. The van der Waals surface area contributed by atoms with Gasteiger partial charge in [-0.15, -0.1) is 0 Å². The Kier molecular flexibility index (Phi) is 6.02. The van der Waals surface area contributed by atoms with Gasteiger partial charge in [-0.1, -0.05) is 38.4 Å². The Balaban J connectivity index is 2.73. The van der Waals surface area contributed by atoms with Crippen molar-refractivity contribution in [3.63, 3.8) is 0 Å². The highest BCUT2D eigenvalue weighted by atomic mass is 32.1. The van der Waals surface area contributed by atoms with Gasteiger partial charge in [0.2, 0.25) is 5.91 Å². The van der Waals surface area contributed by atoms with E-state index < -0.39 is 5.41 Å². The predicted octanol–water partition coefficient (Wildman–Crippen LogP) is 1.76. The summed E-state index contributed by atoms with van der Waals surface area (Å²) in [6, 6.07) is 0.0376. The Morgan fingerprint density at radius 3 is 2.50 bits per heavy atom. The summed E-state index contributed by atoms with van der Waals surface area (Å²) in [5.74, 6) is -0.0152. The fourth-order valence-corrected chi connectivity index (χ4v) is 2.82. The van der Waals surface area contributed by atoms with Crippen LogP contribution in [-0.2, 0) is 9.53 Å². The van der Waals surface area contributed by atoms with Crippen LogP contribution < -0.4 is 11.1 Å². The molecule has 3 N–H and O–H groups in total. The molecule has 0 aliphatic heterocycles. The molecule has 1 aliphatic carbocycles. The second kappa shape index (κ2) is 7.04. The van der Waals surface area contributed by atoms with E-state index >= 15 is 0 Å². The van der Waals surface area contributed by atoms with Gasteiger partial charge in [0.25, 0.3) is 0 Å². The zero-order chi connectivity index (χ0) is 13.6. The standard InChI is InChI=1S/C13H24N2O2S/c1-3-10(9-17-2)15-12(16)13(11(14)18)7-5-4-6-8-13/h10H,3-9H2,1-2H3,(H2,14,18)(H,15,16). The third-order valence-electron chi connectivity index (χ3n) is 3.81. The van der Waals surface area contributed by atoms with Gasteiger partial charge in [-0.05, 0) is 19.3 Å². The van der Waals surface area contributed by atoms with E-state index in [1.807, 2.05) is 6.92 Å². The summed E-state index contributed by atoms with van der Waals surface area (Å²) in [6.45, 7) is 2.55. The molecule has 1 saturated carbocycles. The molecular formula is C13H24N2O2S. The zero-order valence-corrected chi connectivity index (χ0v) is 12.1. The van der Waals surface area contributed by atoms with Crippen LogP contribution in [0.5, 0.6) is 0 Å². The van der Waals surface area contributed by atoms with Crippen LogP contribution >= 0.6 is 12.2 Å². The molecule has 5 heteroatoms. The topological polar surface area (TPSA) is 64.3 Å². The first kappa shape index (κ1) is 15.4. The second-order valence-electron chi connectivity index (χ2n) is 5.04. The van der Waals surface area contributed by atoms with Crippen molar-refractivity contribution in [3.05, 3.63) is 0 Å². The van der Waals surface area contributed by atoms with Crippen molar-refractivity contribution in [3.8, 4) is 0 Å². The summed E-state index contributed by atoms with van der Waals surface area (Å²) in [7, 11) is 1.64. The minimum atomic E-state index is -0.630. The molecule has 18 heavy (non-hydrogen) atoms. The van der Waals surface area contributed by atoms with Gasteiger partial charge in [0.1, 0.15) is 0 Å². The normalized spacial score (nSPS) is 20.1. The lowest BCUT2D eigenvalue weighted by Crippen LogP contribution is -2.53. The lowest BCUT2D eigenvalue weighted by Gasteiger charge is -2.36. The lowest BCUT2D eigenvalue weighted by molar-refractivity contribution is -0.130. The highest BCUT2D eigenvalue weighted by molar-refractivity contribution is 7.80. The number of nitrogens with two attached hydrogens (primary N) is 1. The Bertz CT molecular complexity index is 301. The Hall–Kier alpha value is -0.680. The van der Waals surface area contributed by atoms with E-state index in [4.69, 9.17) is 22.7 Å². The summed E-state index contributed by atoms with van der Waals surface area (Å²) < 4.78 is 5.10. The number of hydrogen-bond donors (Lipinski definition) is 2. The largest absolute Gasteiger partial charge is 0.392 e. The molecule has 0 aromatic rings. The van der Waals surface area contributed by atoms with Crippen LogP contribution in [0.3, 0.4) is 0 Å². The molecule has 1 unspecified atom stereocenters. The van der Waals surface area contributed by atoms with Crippen LogP contribution in [0.2, 0.25) is 0 Å². The monoisotopic (exact) mass is 272 g/mol. The highest BCUT2D eigenvalue weighted by Crippen LogP contribution is 2.37. The van der Waals surface area contributed by atoms with E-state index in [1.165, 1.54) is 0 Å². The number of nitrogens with one attached hydrogen (secondary N) is 1. The number of amides is 1. The molecule has 0 heterocycles. The van der Waals surface area contributed by atoms with E-state index in [9.17, 15) is 4.79 Å². The van der Waals surface area contributed by atoms with Gasteiger partial charge in [-0.25, -0.2) is 0 Å². The van der Waals surface area contributed by atoms with E-state index in [1.54, 1.807) is 7.11 Å². The Morgan fingerprint density at radius 2 is 2.06 bits per heavy atom. The molecule has 0 bridgehead atoms. The van der Waals surface area contributed by atoms with Gasteiger partial charge >= 0.3 is 0 Å². The summed E-state index contributed by atoms with van der Waals surface area (Å²) in [4.78, 5) is 12.8. The predicted molar refractivity (Wildman–Crippen MR) is 76.4 cm³/mol. The third-order valence-corrected chi connectivity index (χ3v) is 4.20. The highest BCUT2D eigenvalue weighted by Gasteiger charge is 2.42. The number of thiocarbonyl (C=S) groups is 1. The molecule has 104 valence electrons. The molecule has 1 amide bonds. The van der Waals surface area contributed by atoms with Crippen LogP contribution in [0.15, 0.2) is 0 Å².